The first-order chi connectivity index (χ1) is 6.27. The van der Waals surface area contributed by atoms with Gasteiger partial charge in [-0.1, -0.05) is 30.9 Å². The predicted octanol–water partition coefficient (Wildman–Crippen LogP) is 3.20. The molecule has 2 aliphatic rings. The van der Waals surface area contributed by atoms with Crippen LogP contribution in [0.15, 0.2) is 59.4 Å². The van der Waals surface area contributed by atoms with Gasteiger partial charge in [-0.2, -0.15) is 0 Å². The molecule has 66 valence electrons. The Hall–Kier alpha value is -1.50. The van der Waals surface area contributed by atoms with Crippen LogP contribution in [0.4, 0.5) is 0 Å². The summed E-state index contributed by atoms with van der Waals surface area (Å²) in [5.41, 5.74) is 3.52. The van der Waals surface area contributed by atoms with Gasteiger partial charge in [-0.25, -0.2) is 0 Å². The molecule has 0 aromatic heterocycles. The van der Waals surface area contributed by atoms with Crippen LogP contribution in [0.25, 0.3) is 0 Å². The first-order valence-electron chi connectivity index (χ1n) is 4.42. The fourth-order valence-corrected chi connectivity index (χ4v) is 1.64. The van der Waals surface area contributed by atoms with Gasteiger partial charge in [-0.05, 0) is 30.1 Å². The minimum Gasteiger partial charge on any atom is -0.508 e. The summed E-state index contributed by atoms with van der Waals surface area (Å²) in [7, 11) is 0. The Kier molecular flexibility index (Phi) is 1.93. The molecular formula is C12H12O. The Morgan fingerprint density at radius 2 is 2.15 bits per heavy atom. The molecule has 13 heavy (non-hydrogen) atoms. The van der Waals surface area contributed by atoms with Crippen LogP contribution in [0.2, 0.25) is 0 Å². The normalized spacial score (nSPS) is 19.8. The maximum atomic E-state index is 9.17. The van der Waals surface area contributed by atoms with Crippen LogP contribution < -0.4 is 0 Å². The summed E-state index contributed by atoms with van der Waals surface area (Å²) in [4.78, 5) is 0. The third-order valence-corrected chi connectivity index (χ3v) is 2.39. The second-order valence-corrected chi connectivity index (χ2v) is 3.30. The molecule has 0 bridgehead atoms. The quantitative estimate of drug-likeness (QED) is 0.634. The van der Waals surface area contributed by atoms with Gasteiger partial charge in [0.15, 0.2) is 0 Å². The number of hydrogen-bond acceptors (Lipinski definition) is 1. The zero-order valence-electron chi connectivity index (χ0n) is 7.46. The van der Waals surface area contributed by atoms with E-state index in [4.69, 9.17) is 0 Å². The molecule has 0 heterocycles. The SMILES string of the molecule is C=C(O)C1=CCC(C2=CC=CC2)=C1. The average Bonchev–Trinajstić information content (AvgIpc) is 2.75. The topological polar surface area (TPSA) is 20.2 Å². The molecule has 0 atom stereocenters. The highest BCUT2D eigenvalue weighted by molar-refractivity contribution is 5.51. The zero-order chi connectivity index (χ0) is 9.26. The van der Waals surface area contributed by atoms with Gasteiger partial charge in [0.1, 0.15) is 5.76 Å². The molecule has 1 N–H and O–H groups in total. The maximum Gasteiger partial charge on any atom is 0.115 e. The molecule has 0 spiro atoms. The fourth-order valence-electron chi connectivity index (χ4n) is 1.64. The van der Waals surface area contributed by atoms with Gasteiger partial charge in [0.2, 0.25) is 0 Å². The van der Waals surface area contributed by atoms with Crippen molar-refractivity contribution in [2.75, 3.05) is 0 Å². The third kappa shape index (κ3) is 1.50. The number of hydrogen-bond donors (Lipinski definition) is 1. The van der Waals surface area contributed by atoms with Crippen molar-refractivity contribution in [1.29, 1.82) is 0 Å². The van der Waals surface area contributed by atoms with E-state index in [1.165, 1.54) is 11.1 Å². The van der Waals surface area contributed by atoms with Crippen molar-refractivity contribution >= 4 is 0 Å². The van der Waals surface area contributed by atoms with E-state index in [2.05, 4.69) is 24.8 Å². The first kappa shape index (κ1) is 8.11. The summed E-state index contributed by atoms with van der Waals surface area (Å²) < 4.78 is 0. The molecule has 0 saturated heterocycles. The van der Waals surface area contributed by atoms with Crippen LogP contribution in [-0.2, 0) is 0 Å². The highest BCUT2D eigenvalue weighted by atomic mass is 16.3. The van der Waals surface area contributed by atoms with Crippen molar-refractivity contribution in [1.82, 2.24) is 0 Å². The minimum atomic E-state index is 0.168. The molecule has 2 rings (SSSR count). The monoisotopic (exact) mass is 172 g/mol. The minimum absolute atomic E-state index is 0.168. The molecule has 0 aromatic carbocycles. The van der Waals surface area contributed by atoms with E-state index in [0.29, 0.717) is 0 Å². The number of aliphatic hydroxyl groups excluding tert-OH is 1. The van der Waals surface area contributed by atoms with Crippen molar-refractivity contribution in [2.45, 2.75) is 12.8 Å². The van der Waals surface area contributed by atoms with E-state index >= 15 is 0 Å². The fraction of sp³-hybridized carbons (Fsp3) is 0.167. The van der Waals surface area contributed by atoms with E-state index < -0.39 is 0 Å². The molecular weight excluding hydrogens is 160 g/mol. The van der Waals surface area contributed by atoms with Crippen molar-refractivity contribution in [3.63, 3.8) is 0 Å². The van der Waals surface area contributed by atoms with Crippen LogP contribution in [0.5, 0.6) is 0 Å². The Balaban J connectivity index is 2.15. The first-order valence-corrected chi connectivity index (χ1v) is 4.42. The van der Waals surface area contributed by atoms with Crippen LogP contribution in [0, 0.1) is 0 Å². The molecule has 0 aromatic rings. The van der Waals surface area contributed by atoms with Gasteiger partial charge in [-0.15, -0.1) is 0 Å². The largest absolute Gasteiger partial charge is 0.508 e. The van der Waals surface area contributed by atoms with Crippen LogP contribution in [0.1, 0.15) is 12.8 Å². The zero-order valence-corrected chi connectivity index (χ0v) is 7.46. The Morgan fingerprint density at radius 1 is 1.31 bits per heavy atom. The van der Waals surface area contributed by atoms with E-state index in [9.17, 15) is 5.11 Å². The van der Waals surface area contributed by atoms with Gasteiger partial charge in [0.25, 0.3) is 0 Å². The molecule has 2 aliphatic carbocycles. The predicted molar refractivity (Wildman–Crippen MR) is 54.4 cm³/mol. The van der Waals surface area contributed by atoms with E-state index in [0.717, 1.165) is 18.4 Å². The molecule has 0 unspecified atom stereocenters. The standard InChI is InChI=1S/C12H12O/c1-9(13)11-6-7-12(8-11)10-4-2-3-5-10/h2-4,6,8,13H,1,5,7H2. The van der Waals surface area contributed by atoms with Gasteiger partial charge in [-0.3, -0.25) is 0 Å². The molecule has 0 aliphatic heterocycles. The summed E-state index contributed by atoms with van der Waals surface area (Å²) in [5, 5.41) is 9.17. The van der Waals surface area contributed by atoms with Crippen LogP contribution in [-0.4, -0.2) is 5.11 Å². The highest BCUT2D eigenvalue weighted by Gasteiger charge is 2.12. The summed E-state index contributed by atoms with van der Waals surface area (Å²) in [6.07, 6.45) is 12.3. The van der Waals surface area contributed by atoms with Gasteiger partial charge < -0.3 is 5.11 Å². The van der Waals surface area contributed by atoms with Gasteiger partial charge >= 0.3 is 0 Å². The Bertz CT molecular complexity index is 365. The lowest BCUT2D eigenvalue weighted by molar-refractivity contribution is 0.429. The number of aliphatic hydroxyl groups is 1. The molecule has 0 amide bonds. The van der Waals surface area contributed by atoms with Crippen LogP contribution >= 0.6 is 0 Å². The van der Waals surface area contributed by atoms with Gasteiger partial charge in [0, 0.05) is 5.57 Å². The van der Waals surface area contributed by atoms with Crippen molar-refractivity contribution in [3.8, 4) is 0 Å². The van der Waals surface area contributed by atoms with Crippen molar-refractivity contribution < 1.29 is 5.11 Å². The number of allylic oxidation sites excluding steroid dienone is 7. The molecule has 0 radical (unpaired) electrons. The van der Waals surface area contributed by atoms with Crippen molar-refractivity contribution in [3.05, 3.63) is 59.4 Å². The lowest BCUT2D eigenvalue weighted by Gasteiger charge is -2.00. The van der Waals surface area contributed by atoms with Crippen LogP contribution in [0.3, 0.4) is 0 Å². The Morgan fingerprint density at radius 3 is 2.69 bits per heavy atom. The Labute approximate surface area is 78.1 Å². The highest BCUT2D eigenvalue weighted by Crippen LogP contribution is 2.30. The average molecular weight is 172 g/mol. The van der Waals surface area contributed by atoms with E-state index in [1.54, 1.807) is 0 Å². The summed E-state index contributed by atoms with van der Waals surface area (Å²) >= 11 is 0. The molecule has 0 fully saturated rings. The smallest absolute Gasteiger partial charge is 0.115 e. The summed E-state index contributed by atoms with van der Waals surface area (Å²) in [6, 6.07) is 0. The number of rotatable bonds is 2. The maximum absolute atomic E-state index is 9.17. The van der Waals surface area contributed by atoms with E-state index in [-0.39, 0.29) is 5.76 Å². The molecule has 0 saturated carbocycles. The summed E-state index contributed by atoms with van der Waals surface area (Å²) in [5.74, 6) is 0.168. The lowest BCUT2D eigenvalue weighted by Crippen LogP contribution is -1.82. The second kappa shape index (κ2) is 3.09. The molecule has 1 nitrogen and oxygen atoms in total. The summed E-state index contributed by atoms with van der Waals surface area (Å²) in [6.45, 7) is 3.51. The van der Waals surface area contributed by atoms with E-state index in [1.807, 2.05) is 12.2 Å². The second-order valence-electron chi connectivity index (χ2n) is 3.30. The lowest BCUT2D eigenvalue weighted by atomic mass is 10.0. The molecule has 1 heteroatoms. The third-order valence-electron chi connectivity index (χ3n) is 2.39. The van der Waals surface area contributed by atoms with Crippen molar-refractivity contribution in [2.24, 2.45) is 0 Å². The van der Waals surface area contributed by atoms with Gasteiger partial charge in [0.05, 0.1) is 0 Å².